The van der Waals surface area contributed by atoms with E-state index in [2.05, 4.69) is 4.90 Å². The first-order valence-electron chi connectivity index (χ1n) is 10.7. The van der Waals surface area contributed by atoms with Crippen LogP contribution in [-0.4, -0.2) is 38.8 Å². The summed E-state index contributed by atoms with van der Waals surface area (Å²) in [6, 6.07) is 17.8. The molecule has 1 aliphatic rings. The van der Waals surface area contributed by atoms with Crippen molar-refractivity contribution in [3.63, 3.8) is 0 Å². The molecule has 158 valence electrons. The second-order valence-electron chi connectivity index (χ2n) is 7.87. The Morgan fingerprint density at radius 2 is 1.67 bits per heavy atom. The molecule has 2 aromatic carbocycles. The van der Waals surface area contributed by atoms with Crippen LogP contribution in [0.3, 0.4) is 0 Å². The lowest BCUT2D eigenvalue weighted by Crippen LogP contribution is -2.35. The monoisotopic (exact) mass is 407 g/mol. The van der Waals surface area contributed by atoms with E-state index in [0.29, 0.717) is 19.7 Å². The zero-order chi connectivity index (χ0) is 20.8. The Morgan fingerprint density at radius 3 is 2.47 bits per heavy atom. The molecule has 4 rings (SSSR count). The Bertz CT molecular complexity index is 1000. The first-order valence-corrected chi connectivity index (χ1v) is 10.7. The Kier molecular flexibility index (Phi) is 6.54. The Labute approximate surface area is 177 Å². The van der Waals surface area contributed by atoms with Crippen molar-refractivity contribution in [2.45, 2.75) is 39.0 Å². The summed E-state index contributed by atoms with van der Waals surface area (Å²) in [6.45, 7) is 4.35. The molecular weight excluding hydrogens is 378 g/mol. The van der Waals surface area contributed by atoms with E-state index >= 15 is 0 Å². The average Bonchev–Trinajstić information content (AvgIpc) is 3.05. The highest BCUT2D eigenvalue weighted by molar-refractivity contribution is 5.29. The summed E-state index contributed by atoms with van der Waals surface area (Å²) in [5.41, 5.74) is 1.88. The van der Waals surface area contributed by atoms with Gasteiger partial charge in [0.05, 0.1) is 12.7 Å². The maximum atomic E-state index is 12.8. The highest BCUT2D eigenvalue weighted by Gasteiger charge is 2.14. The molecule has 0 spiro atoms. The molecule has 0 radical (unpaired) electrons. The van der Waals surface area contributed by atoms with Gasteiger partial charge in [0.1, 0.15) is 12.4 Å². The van der Waals surface area contributed by atoms with Crippen LogP contribution in [0.15, 0.2) is 65.6 Å². The van der Waals surface area contributed by atoms with Crippen LogP contribution in [0.4, 0.5) is 0 Å². The second kappa shape index (κ2) is 9.67. The second-order valence-corrected chi connectivity index (χ2v) is 7.87. The number of piperidine rings is 1. The molecule has 0 atom stereocenters. The van der Waals surface area contributed by atoms with Crippen LogP contribution in [0.25, 0.3) is 0 Å². The number of ether oxygens (including phenoxy) is 1. The van der Waals surface area contributed by atoms with Crippen LogP contribution in [0.5, 0.6) is 11.6 Å². The quantitative estimate of drug-likeness (QED) is 0.621. The molecule has 0 unspecified atom stereocenters. The summed E-state index contributed by atoms with van der Waals surface area (Å²) in [4.78, 5) is 15.1. The van der Waals surface area contributed by atoms with Crippen molar-refractivity contribution in [2.75, 3.05) is 19.6 Å². The molecule has 1 aliphatic heterocycles. The van der Waals surface area contributed by atoms with Crippen LogP contribution in [0.1, 0.15) is 30.4 Å². The van der Waals surface area contributed by atoms with Gasteiger partial charge in [-0.25, -0.2) is 4.79 Å². The normalized spacial score (nSPS) is 14.7. The summed E-state index contributed by atoms with van der Waals surface area (Å²) in [5, 5.41) is 10.3. The molecule has 6 nitrogen and oxygen atoms in total. The van der Waals surface area contributed by atoms with Crippen molar-refractivity contribution in [2.24, 2.45) is 0 Å². The Balaban J connectivity index is 1.39. The summed E-state index contributed by atoms with van der Waals surface area (Å²) < 4.78 is 8.91. The molecule has 0 bridgehead atoms. The van der Waals surface area contributed by atoms with E-state index in [0.717, 1.165) is 36.5 Å². The van der Waals surface area contributed by atoms with Gasteiger partial charge >= 0.3 is 5.69 Å². The van der Waals surface area contributed by atoms with Gasteiger partial charge in [0.25, 0.3) is 0 Å². The van der Waals surface area contributed by atoms with Crippen molar-refractivity contribution < 1.29 is 9.84 Å². The van der Waals surface area contributed by atoms with E-state index in [4.69, 9.17) is 4.74 Å². The number of aromatic nitrogens is 2. The lowest BCUT2D eigenvalue weighted by Gasteiger charge is -2.26. The van der Waals surface area contributed by atoms with Gasteiger partial charge in [-0.3, -0.25) is 9.13 Å². The van der Waals surface area contributed by atoms with Crippen molar-refractivity contribution >= 4 is 0 Å². The van der Waals surface area contributed by atoms with Gasteiger partial charge in [-0.1, -0.05) is 48.9 Å². The third-order valence-corrected chi connectivity index (χ3v) is 5.61. The smallest absolute Gasteiger partial charge is 0.331 e. The number of imidazole rings is 1. The SMILES string of the molecule is O=c1n(Cc2cccc(OCc3ccccc3)c2)cc(O)n1CCN1CCCCC1. The van der Waals surface area contributed by atoms with E-state index in [-0.39, 0.29) is 11.6 Å². The van der Waals surface area contributed by atoms with Crippen LogP contribution < -0.4 is 10.4 Å². The highest BCUT2D eigenvalue weighted by atomic mass is 16.5. The zero-order valence-electron chi connectivity index (χ0n) is 17.2. The van der Waals surface area contributed by atoms with Crippen LogP contribution >= 0.6 is 0 Å². The van der Waals surface area contributed by atoms with E-state index in [9.17, 15) is 9.90 Å². The molecule has 0 amide bonds. The average molecular weight is 408 g/mol. The summed E-state index contributed by atoms with van der Waals surface area (Å²) in [7, 11) is 0. The predicted molar refractivity (Wildman–Crippen MR) is 117 cm³/mol. The minimum atomic E-state index is -0.180. The van der Waals surface area contributed by atoms with Gasteiger partial charge in [0.2, 0.25) is 5.88 Å². The third-order valence-electron chi connectivity index (χ3n) is 5.61. The minimum absolute atomic E-state index is 0.0218. The molecule has 1 aromatic heterocycles. The first kappa shape index (κ1) is 20.3. The standard InChI is InChI=1S/C24H29N3O3/c28-23-18-26(24(29)27(23)15-14-25-12-5-2-6-13-25)17-21-10-7-11-22(16-21)30-19-20-8-3-1-4-9-20/h1,3-4,7-11,16,18,28H,2,5-6,12-15,17,19H2. The number of hydrogen-bond acceptors (Lipinski definition) is 4. The van der Waals surface area contributed by atoms with Gasteiger partial charge in [0.15, 0.2) is 0 Å². The fraction of sp³-hybridized carbons (Fsp3) is 0.375. The summed E-state index contributed by atoms with van der Waals surface area (Å²) in [5.74, 6) is 0.784. The molecule has 3 aromatic rings. The van der Waals surface area contributed by atoms with Gasteiger partial charge < -0.3 is 14.7 Å². The topological polar surface area (TPSA) is 59.6 Å². The van der Waals surface area contributed by atoms with Crippen molar-refractivity contribution in [3.8, 4) is 11.6 Å². The van der Waals surface area contributed by atoms with E-state index < -0.39 is 0 Å². The maximum absolute atomic E-state index is 12.8. The first-order chi connectivity index (χ1) is 14.7. The summed E-state index contributed by atoms with van der Waals surface area (Å²) in [6.07, 6.45) is 5.23. The van der Waals surface area contributed by atoms with E-state index in [1.54, 1.807) is 4.57 Å². The zero-order valence-corrected chi connectivity index (χ0v) is 17.2. The van der Waals surface area contributed by atoms with Gasteiger partial charge in [-0.05, 0) is 49.2 Å². The molecule has 1 N–H and O–H groups in total. The predicted octanol–water partition coefficient (Wildman–Crippen LogP) is 3.47. The van der Waals surface area contributed by atoms with Gasteiger partial charge in [-0.15, -0.1) is 0 Å². The van der Waals surface area contributed by atoms with Crippen LogP contribution in [0.2, 0.25) is 0 Å². The molecule has 2 heterocycles. The minimum Gasteiger partial charge on any atom is -0.493 e. The lowest BCUT2D eigenvalue weighted by molar-refractivity contribution is 0.217. The molecule has 30 heavy (non-hydrogen) atoms. The molecule has 1 saturated heterocycles. The molecule has 0 aliphatic carbocycles. The van der Waals surface area contributed by atoms with Crippen LogP contribution in [-0.2, 0) is 19.7 Å². The molecule has 0 saturated carbocycles. The number of aromatic hydroxyl groups is 1. The Morgan fingerprint density at radius 1 is 0.900 bits per heavy atom. The number of nitrogens with zero attached hydrogens (tertiary/aromatic N) is 3. The van der Waals surface area contributed by atoms with Gasteiger partial charge in [-0.2, -0.15) is 0 Å². The largest absolute Gasteiger partial charge is 0.493 e. The molecule has 1 fully saturated rings. The van der Waals surface area contributed by atoms with E-state index in [1.807, 2.05) is 54.6 Å². The van der Waals surface area contributed by atoms with Crippen molar-refractivity contribution in [1.82, 2.24) is 14.0 Å². The summed E-state index contributed by atoms with van der Waals surface area (Å²) >= 11 is 0. The third kappa shape index (κ3) is 5.13. The number of likely N-dealkylation sites (tertiary alicyclic amines) is 1. The number of rotatable bonds is 8. The number of benzene rings is 2. The van der Waals surface area contributed by atoms with Crippen LogP contribution in [0, 0.1) is 0 Å². The number of hydrogen-bond donors (Lipinski definition) is 1. The van der Waals surface area contributed by atoms with Crippen molar-refractivity contribution in [3.05, 3.63) is 82.4 Å². The van der Waals surface area contributed by atoms with E-state index in [1.165, 1.54) is 30.0 Å². The highest BCUT2D eigenvalue weighted by Crippen LogP contribution is 2.17. The molecule has 6 heteroatoms. The fourth-order valence-electron chi connectivity index (χ4n) is 3.94. The van der Waals surface area contributed by atoms with Crippen molar-refractivity contribution in [1.29, 1.82) is 0 Å². The molecular formula is C24H29N3O3. The lowest BCUT2D eigenvalue weighted by atomic mass is 10.1. The fourth-order valence-corrected chi connectivity index (χ4v) is 3.94. The Hall–Kier alpha value is -2.99. The van der Waals surface area contributed by atoms with Gasteiger partial charge in [0, 0.05) is 13.1 Å². The maximum Gasteiger partial charge on any atom is 0.331 e.